The molecule has 1 rings (SSSR count). The Morgan fingerprint density at radius 2 is 2.31 bits per heavy atom. The van der Waals surface area contributed by atoms with E-state index in [0.29, 0.717) is 10.4 Å². The van der Waals surface area contributed by atoms with Gasteiger partial charge in [-0.2, -0.15) is 0 Å². The highest BCUT2D eigenvalue weighted by atomic mass is 35.5. The first-order valence-corrected chi connectivity index (χ1v) is 3.26. The van der Waals surface area contributed by atoms with Crippen LogP contribution in [0.4, 0.5) is 0 Å². The van der Waals surface area contributed by atoms with Crippen LogP contribution in [0, 0.1) is 6.92 Å². The molecule has 0 saturated heterocycles. The van der Waals surface area contributed by atoms with Crippen molar-refractivity contribution in [2.75, 3.05) is 0 Å². The van der Waals surface area contributed by atoms with Crippen molar-refractivity contribution in [1.82, 2.24) is 9.94 Å². The summed E-state index contributed by atoms with van der Waals surface area (Å²) < 4.78 is 0. The standard InChI is InChI=1S/C6H9N3O3.ClH/c1-3-2-8-9(12)5(3)4(7)6(10)11;/h2,4,12H,7H2,1H3,(H,10,11);1H. The van der Waals surface area contributed by atoms with E-state index in [2.05, 4.69) is 5.10 Å². The van der Waals surface area contributed by atoms with Crippen LogP contribution in [0.2, 0.25) is 0 Å². The number of aryl methyl sites for hydroxylation is 1. The number of hydrogen-bond donors (Lipinski definition) is 3. The summed E-state index contributed by atoms with van der Waals surface area (Å²) in [6.45, 7) is 1.62. The number of hydrogen-bond acceptors (Lipinski definition) is 4. The lowest BCUT2D eigenvalue weighted by molar-refractivity contribution is -0.139. The number of carboxylic acid groups (broad SMARTS) is 1. The molecule has 13 heavy (non-hydrogen) atoms. The van der Waals surface area contributed by atoms with E-state index in [0.717, 1.165) is 0 Å². The monoisotopic (exact) mass is 207 g/mol. The van der Waals surface area contributed by atoms with Gasteiger partial charge < -0.3 is 16.0 Å². The van der Waals surface area contributed by atoms with Crippen LogP contribution in [-0.2, 0) is 4.79 Å². The second-order valence-corrected chi connectivity index (χ2v) is 2.42. The van der Waals surface area contributed by atoms with Gasteiger partial charge in [0.05, 0.1) is 6.20 Å². The minimum atomic E-state index is -1.24. The van der Waals surface area contributed by atoms with Crippen LogP contribution in [-0.4, -0.2) is 26.2 Å². The Morgan fingerprint density at radius 3 is 2.62 bits per heavy atom. The molecule has 0 aliphatic carbocycles. The number of carboxylic acids is 1. The number of halogens is 1. The van der Waals surface area contributed by atoms with Crippen molar-refractivity contribution in [3.63, 3.8) is 0 Å². The van der Waals surface area contributed by atoms with Gasteiger partial charge in [0.25, 0.3) is 0 Å². The molecule has 1 aromatic heterocycles. The number of aromatic nitrogens is 2. The van der Waals surface area contributed by atoms with Crippen LogP contribution in [0.1, 0.15) is 17.3 Å². The molecule has 1 heterocycles. The smallest absolute Gasteiger partial charge is 0.326 e. The number of rotatable bonds is 2. The molecule has 0 bridgehead atoms. The molecule has 0 spiro atoms. The van der Waals surface area contributed by atoms with Gasteiger partial charge in [-0.3, -0.25) is 4.79 Å². The summed E-state index contributed by atoms with van der Waals surface area (Å²) in [7, 11) is 0. The Balaban J connectivity index is 0.00000144. The molecule has 1 aromatic rings. The fourth-order valence-electron chi connectivity index (χ4n) is 0.914. The Hall–Kier alpha value is -1.27. The van der Waals surface area contributed by atoms with Crippen molar-refractivity contribution in [2.24, 2.45) is 5.73 Å². The molecule has 7 heteroatoms. The second-order valence-electron chi connectivity index (χ2n) is 2.42. The maximum absolute atomic E-state index is 10.4. The third-order valence-electron chi connectivity index (χ3n) is 1.54. The molecule has 0 aromatic carbocycles. The van der Waals surface area contributed by atoms with Gasteiger partial charge in [0, 0.05) is 0 Å². The highest BCUT2D eigenvalue weighted by Gasteiger charge is 2.21. The van der Waals surface area contributed by atoms with Crippen LogP contribution in [0.25, 0.3) is 0 Å². The predicted molar refractivity (Wildman–Crippen MR) is 46.0 cm³/mol. The van der Waals surface area contributed by atoms with E-state index in [4.69, 9.17) is 16.0 Å². The van der Waals surface area contributed by atoms with E-state index in [1.54, 1.807) is 6.92 Å². The average molecular weight is 208 g/mol. The molecule has 1 atom stereocenters. The summed E-state index contributed by atoms with van der Waals surface area (Å²) >= 11 is 0. The topological polar surface area (TPSA) is 101 Å². The summed E-state index contributed by atoms with van der Waals surface area (Å²) in [5.41, 5.74) is 5.91. The molecule has 6 nitrogen and oxygen atoms in total. The van der Waals surface area contributed by atoms with Crippen molar-refractivity contribution < 1.29 is 15.1 Å². The van der Waals surface area contributed by atoms with Crippen LogP contribution in [0.5, 0.6) is 0 Å². The first kappa shape index (κ1) is 11.7. The van der Waals surface area contributed by atoms with E-state index in [1.807, 2.05) is 0 Å². The van der Waals surface area contributed by atoms with Gasteiger partial charge in [0.1, 0.15) is 11.7 Å². The second kappa shape index (κ2) is 4.11. The molecule has 0 saturated carbocycles. The van der Waals surface area contributed by atoms with Gasteiger partial charge >= 0.3 is 5.97 Å². The van der Waals surface area contributed by atoms with Crippen LogP contribution < -0.4 is 5.73 Å². The van der Waals surface area contributed by atoms with Crippen molar-refractivity contribution >= 4 is 18.4 Å². The molecular weight excluding hydrogens is 198 g/mol. The third-order valence-corrected chi connectivity index (χ3v) is 1.54. The van der Waals surface area contributed by atoms with E-state index >= 15 is 0 Å². The number of nitrogens with two attached hydrogens (primary N) is 1. The Labute approximate surface area is 80.3 Å². The molecule has 0 radical (unpaired) electrons. The quantitative estimate of drug-likeness (QED) is 0.590. The fourth-order valence-corrected chi connectivity index (χ4v) is 0.914. The minimum absolute atomic E-state index is 0. The van der Waals surface area contributed by atoms with Crippen LogP contribution in [0.15, 0.2) is 6.20 Å². The van der Waals surface area contributed by atoms with Gasteiger partial charge in [0.15, 0.2) is 0 Å². The molecule has 0 aliphatic heterocycles. The largest absolute Gasteiger partial charge is 0.480 e. The van der Waals surface area contributed by atoms with Gasteiger partial charge in [-0.25, -0.2) is 0 Å². The number of aliphatic carboxylic acids is 1. The zero-order chi connectivity index (χ0) is 9.30. The van der Waals surface area contributed by atoms with E-state index in [-0.39, 0.29) is 18.1 Å². The summed E-state index contributed by atoms with van der Waals surface area (Å²) in [5, 5.41) is 21.0. The van der Waals surface area contributed by atoms with Crippen LogP contribution in [0.3, 0.4) is 0 Å². The first-order chi connectivity index (χ1) is 5.54. The Kier molecular flexibility index (Phi) is 3.70. The van der Waals surface area contributed by atoms with Gasteiger partial charge in [-0.05, 0) is 12.5 Å². The minimum Gasteiger partial charge on any atom is -0.480 e. The zero-order valence-corrected chi connectivity index (χ0v) is 7.65. The van der Waals surface area contributed by atoms with Crippen molar-refractivity contribution in [1.29, 1.82) is 0 Å². The highest BCUT2D eigenvalue weighted by molar-refractivity contribution is 5.85. The third kappa shape index (κ3) is 2.10. The molecule has 0 amide bonds. The lowest BCUT2D eigenvalue weighted by atomic mass is 10.1. The Bertz CT molecular complexity index is 293. The zero-order valence-electron chi connectivity index (χ0n) is 6.84. The normalized spacial score (nSPS) is 11.8. The van der Waals surface area contributed by atoms with Crippen LogP contribution >= 0.6 is 12.4 Å². The predicted octanol–water partition coefficient (Wildman–Crippen LogP) is -0.0650. The summed E-state index contributed by atoms with van der Waals surface area (Å²) in [6, 6.07) is -1.24. The van der Waals surface area contributed by atoms with Gasteiger partial charge in [-0.15, -0.1) is 22.4 Å². The molecule has 0 aliphatic rings. The van der Waals surface area contributed by atoms with Gasteiger partial charge in [0.2, 0.25) is 0 Å². The molecule has 4 N–H and O–H groups in total. The molecule has 0 fully saturated rings. The lowest BCUT2D eigenvalue weighted by Gasteiger charge is -2.05. The molecule has 1 unspecified atom stereocenters. The lowest BCUT2D eigenvalue weighted by Crippen LogP contribution is -2.24. The van der Waals surface area contributed by atoms with E-state index < -0.39 is 12.0 Å². The summed E-state index contributed by atoms with van der Waals surface area (Å²) in [6.07, 6.45) is 1.35. The summed E-state index contributed by atoms with van der Waals surface area (Å²) in [4.78, 5) is 10.9. The summed E-state index contributed by atoms with van der Waals surface area (Å²) in [5.74, 6) is -1.20. The van der Waals surface area contributed by atoms with Crippen molar-refractivity contribution in [3.8, 4) is 0 Å². The van der Waals surface area contributed by atoms with Crippen molar-refractivity contribution in [2.45, 2.75) is 13.0 Å². The van der Waals surface area contributed by atoms with E-state index in [9.17, 15) is 4.79 Å². The van der Waals surface area contributed by atoms with Gasteiger partial charge in [-0.1, -0.05) is 0 Å². The molecular formula is C6H10ClN3O3. The maximum Gasteiger partial charge on any atom is 0.326 e. The van der Waals surface area contributed by atoms with Crippen molar-refractivity contribution in [3.05, 3.63) is 17.5 Å². The maximum atomic E-state index is 10.4. The Morgan fingerprint density at radius 1 is 1.77 bits per heavy atom. The fraction of sp³-hybridized carbons (Fsp3) is 0.333. The SMILES string of the molecule is Cc1cnn(O)c1C(N)C(=O)O.Cl. The van der Waals surface area contributed by atoms with E-state index in [1.165, 1.54) is 6.20 Å². The average Bonchev–Trinajstić information content (AvgIpc) is 2.30. The number of carbonyl (C=O) groups is 1. The molecule has 74 valence electrons. The highest BCUT2D eigenvalue weighted by Crippen LogP contribution is 2.13. The number of nitrogens with zero attached hydrogens (tertiary/aromatic N) is 2. The first-order valence-electron chi connectivity index (χ1n) is 3.26.